The molecular weight excluding hydrogens is 372 g/mol. The highest BCUT2D eigenvalue weighted by Crippen LogP contribution is 2.37. The third-order valence-electron chi connectivity index (χ3n) is 5.20. The first-order chi connectivity index (χ1) is 14.2. The molecule has 0 saturated carbocycles. The Balaban J connectivity index is 1.45. The fraction of sp³-hybridized carbons (Fsp3) is 0.391. The van der Waals surface area contributed by atoms with Gasteiger partial charge in [0.1, 0.15) is 24.1 Å². The van der Waals surface area contributed by atoms with Gasteiger partial charge in [0.05, 0.1) is 20.3 Å². The Kier molecular flexibility index (Phi) is 6.28. The molecule has 0 bridgehead atoms. The molecule has 0 N–H and O–H groups in total. The maximum absolute atomic E-state index is 6.20. The van der Waals surface area contributed by atoms with Crippen molar-refractivity contribution in [1.29, 1.82) is 0 Å². The number of hydrogen-bond donors (Lipinski definition) is 0. The number of ether oxygens (including phenoxy) is 6. The van der Waals surface area contributed by atoms with Crippen LogP contribution in [0.25, 0.3) is 0 Å². The van der Waals surface area contributed by atoms with Gasteiger partial charge in [0.15, 0.2) is 12.6 Å². The molecule has 6 heteroatoms. The minimum Gasteiger partial charge on any atom is -0.497 e. The Labute approximate surface area is 170 Å². The maximum Gasteiger partial charge on any atom is 0.187 e. The summed E-state index contributed by atoms with van der Waals surface area (Å²) >= 11 is 0. The van der Waals surface area contributed by atoms with E-state index in [1.807, 2.05) is 54.6 Å². The fourth-order valence-electron chi connectivity index (χ4n) is 3.60. The van der Waals surface area contributed by atoms with Crippen molar-refractivity contribution in [2.45, 2.75) is 37.5 Å². The minimum atomic E-state index is -0.567. The van der Waals surface area contributed by atoms with Crippen molar-refractivity contribution in [1.82, 2.24) is 0 Å². The standard InChI is InChI=1S/C23H26O6/c1-15-20-19(14-27-22(29-20)17-7-5-4-6-8-17)28-23(25-3)21(15)26-13-16-9-11-18(24-2)12-10-16/h4-12,19-23H,1,13-14H2,2-3H3/t19-,20+,21-,22?,23-/m1/s1. The van der Waals surface area contributed by atoms with Gasteiger partial charge in [-0.3, -0.25) is 0 Å². The van der Waals surface area contributed by atoms with Crippen molar-refractivity contribution in [3.8, 4) is 5.75 Å². The van der Waals surface area contributed by atoms with Gasteiger partial charge in [-0.15, -0.1) is 0 Å². The first kappa shape index (κ1) is 20.1. The van der Waals surface area contributed by atoms with Crippen LogP contribution in [0.15, 0.2) is 66.7 Å². The highest BCUT2D eigenvalue weighted by molar-refractivity contribution is 5.27. The SMILES string of the molecule is C=C1[C@@H](OCc2ccc(OC)cc2)[C@H](OC)O[C@@H]2COC(c3ccccc3)O[C@@H]12. The lowest BCUT2D eigenvalue weighted by Crippen LogP contribution is -2.55. The van der Waals surface area contributed by atoms with Crippen molar-refractivity contribution in [2.24, 2.45) is 0 Å². The largest absolute Gasteiger partial charge is 0.497 e. The van der Waals surface area contributed by atoms with Gasteiger partial charge in [-0.25, -0.2) is 0 Å². The summed E-state index contributed by atoms with van der Waals surface area (Å²) < 4.78 is 35.0. The Morgan fingerprint density at radius 1 is 1.00 bits per heavy atom. The van der Waals surface area contributed by atoms with Crippen LogP contribution in [0, 0.1) is 0 Å². The van der Waals surface area contributed by atoms with E-state index in [1.54, 1.807) is 14.2 Å². The molecule has 0 radical (unpaired) electrons. The summed E-state index contributed by atoms with van der Waals surface area (Å²) in [7, 11) is 3.24. The zero-order valence-corrected chi connectivity index (χ0v) is 16.7. The van der Waals surface area contributed by atoms with Gasteiger partial charge in [0.25, 0.3) is 0 Å². The zero-order valence-electron chi connectivity index (χ0n) is 16.7. The van der Waals surface area contributed by atoms with Crippen LogP contribution >= 0.6 is 0 Å². The molecule has 0 aliphatic carbocycles. The number of benzene rings is 2. The van der Waals surface area contributed by atoms with Gasteiger partial charge in [0, 0.05) is 12.7 Å². The van der Waals surface area contributed by atoms with Crippen molar-refractivity contribution >= 4 is 0 Å². The second-order valence-electron chi connectivity index (χ2n) is 7.07. The lowest BCUT2D eigenvalue weighted by atomic mass is 9.95. The number of rotatable bonds is 6. The molecule has 29 heavy (non-hydrogen) atoms. The molecule has 2 aliphatic heterocycles. The predicted molar refractivity (Wildman–Crippen MR) is 106 cm³/mol. The molecule has 2 fully saturated rings. The van der Waals surface area contributed by atoms with Crippen LogP contribution in [0.1, 0.15) is 17.4 Å². The summed E-state index contributed by atoms with van der Waals surface area (Å²) in [5.74, 6) is 0.805. The summed E-state index contributed by atoms with van der Waals surface area (Å²) in [5.41, 5.74) is 2.78. The molecule has 2 saturated heterocycles. The topological polar surface area (TPSA) is 55.4 Å². The number of methoxy groups -OCH3 is 2. The number of hydrogen-bond acceptors (Lipinski definition) is 6. The monoisotopic (exact) mass is 398 g/mol. The average Bonchev–Trinajstić information content (AvgIpc) is 2.79. The molecular formula is C23H26O6. The molecule has 0 spiro atoms. The fourth-order valence-corrected chi connectivity index (χ4v) is 3.60. The first-order valence-corrected chi connectivity index (χ1v) is 9.63. The van der Waals surface area contributed by atoms with E-state index in [-0.39, 0.29) is 12.2 Å². The Morgan fingerprint density at radius 3 is 2.45 bits per heavy atom. The smallest absolute Gasteiger partial charge is 0.187 e. The molecule has 1 unspecified atom stereocenters. The summed E-state index contributed by atoms with van der Waals surface area (Å²) in [6.07, 6.45) is -2.09. The van der Waals surface area contributed by atoms with Crippen LogP contribution in [0.3, 0.4) is 0 Å². The minimum absolute atomic E-state index is 0.284. The van der Waals surface area contributed by atoms with Gasteiger partial charge < -0.3 is 28.4 Å². The van der Waals surface area contributed by atoms with Crippen LogP contribution in [-0.4, -0.2) is 45.4 Å². The van der Waals surface area contributed by atoms with Gasteiger partial charge in [-0.2, -0.15) is 0 Å². The van der Waals surface area contributed by atoms with E-state index in [2.05, 4.69) is 6.58 Å². The Morgan fingerprint density at radius 2 is 1.76 bits per heavy atom. The van der Waals surface area contributed by atoms with Gasteiger partial charge >= 0.3 is 0 Å². The lowest BCUT2D eigenvalue weighted by Gasteiger charge is -2.45. The van der Waals surface area contributed by atoms with Crippen molar-refractivity contribution in [3.63, 3.8) is 0 Å². The molecule has 2 aromatic carbocycles. The van der Waals surface area contributed by atoms with E-state index in [0.29, 0.717) is 13.2 Å². The third kappa shape index (κ3) is 4.37. The average molecular weight is 398 g/mol. The van der Waals surface area contributed by atoms with Gasteiger partial charge in [-0.1, -0.05) is 49.0 Å². The molecule has 0 amide bonds. The van der Waals surface area contributed by atoms with Crippen molar-refractivity contribution in [2.75, 3.05) is 20.8 Å². The molecule has 2 aliphatic rings. The summed E-state index contributed by atoms with van der Waals surface area (Å²) in [5, 5.41) is 0. The highest BCUT2D eigenvalue weighted by atomic mass is 16.7. The van der Waals surface area contributed by atoms with Crippen LogP contribution in [0.2, 0.25) is 0 Å². The quantitative estimate of drug-likeness (QED) is 0.693. The van der Waals surface area contributed by atoms with E-state index in [9.17, 15) is 0 Å². The number of fused-ring (bicyclic) bond motifs is 1. The lowest BCUT2D eigenvalue weighted by molar-refractivity contribution is -0.318. The van der Waals surface area contributed by atoms with E-state index < -0.39 is 18.7 Å². The Bertz CT molecular complexity index is 806. The Hall–Kier alpha value is -2.22. The second-order valence-corrected chi connectivity index (χ2v) is 7.07. The van der Waals surface area contributed by atoms with E-state index in [1.165, 1.54) is 0 Å². The maximum atomic E-state index is 6.20. The normalized spacial score (nSPS) is 29.3. The summed E-state index contributed by atoms with van der Waals surface area (Å²) in [6.45, 7) is 5.05. The molecule has 4 rings (SSSR count). The zero-order chi connectivity index (χ0) is 20.2. The van der Waals surface area contributed by atoms with Crippen molar-refractivity contribution in [3.05, 3.63) is 77.9 Å². The van der Waals surface area contributed by atoms with E-state index >= 15 is 0 Å². The van der Waals surface area contributed by atoms with Crippen LogP contribution in [-0.2, 0) is 30.3 Å². The molecule has 5 atom stereocenters. The second kappa shape index (κ2) is 9.07. The summed E-state index contributed by atoms with van der Waals surface area (Å²) in [6, 6.07) is 17.6. The van der Waals surface area contributed by atoms with E-state index in [4.69, 9.17) is 28.4 Å². The third-order valence-corrected chi connectivity index (χ3v) is 5.20. The summed E-state index contributed by atoms with van der Waals surface area (Å²) in [4.78, 5) is 0. The predicted octanol–water partition coefficient (Wildman–Crippen LogP) is 3.62. The molecule has 154 valence electrons. The van der Waals surface area contributed by atoms with Crippen LogP contribution in [0.5, 0.6) is 5.75 Å². The highest BCUT2D eigenvalue weighted by Gasteiger charge is 2.46. The van der Waals surface area contributed by atoms with Gasteiger partial charge in [-0.05, 0) is 23.3 Å². The molecule has 2 aromatic rings. The first-order valence-electron chi connectivity index (χ1n) is 9.63. The van der Waals surface area contributed by atoms with Crippen LogP contribution in [0.4, 0.5) is 0 Å². The van der Waals surface area contributed by atoms with E-state index in [0.717, 1.165) is 22.4 Å². The van der Waals surface area contributed by atoms with Gasteiger partial charge in [0.2, 0.25) is 0 Å². The van der Waals surface area contributed by atoms with Crippen LogP contribution < -0.4 is 4.74 Å². The molecule has 0 aromatic heterocycles. The van der Waals surface area contributed by atoms with Crippen molar-refractivity contribution < 1.29 is 28.4 Å². The molecule has 2 heterocycles. The molecule has 6 nitrogen and oxygen atoms in total.